The first kappa shape index (κ1) is 23.5. The standard InChI is InChI=1S/C23H17Cl2N5O3S/c24-15-12-16(25)14-18(13-15)28-22-20(4-3-11-27-22)23(31)29-17-6-8-19(9-7-17)34(32,33)30-21-5-1-2-10-26-21/h1-14H,(H,26,30)(H,27,28)(H,29,31). The van der Waals surface area contributed by atoms with Gasteiger partial charge in [0.15, 0.2) is 0 Å². The Morgan fingerprint density at radius 3 is 2.18 bits per heavy atom. The maximum absolute atomic E-state index is 12.9. The molecule has 0 atom stereocenters. The summed E-state index contributed by atoms with van der Waals surface area (Å²) >= 11 is 12.1. The van der Waals surface area contributed by atoms with Crippen LogP contribution in [0.5, 0.6) is 0 Å². The molecular formula is C23H17Cl2N5O3S. The third-order valence-corrected chi connectivity index (χ3v) is 6.31. The van der Waals surface area contributed by atoms with Crippen molar-refractivity contribution in [1.82, 2.24) is 9.97 Å². The van der Waals surface area contributed by atoms with Gasteiger partial charge in [0.1, 0.15) is 11.6 Å². The number of halogens is 2. The van der Waals surface area contributed by atoms with Crippen molar-refractivity contribution in [3.8, 4) is 0 Å². The van der Waals surface area contributed by atoms with Gasteiger partial charge >= 0.3 is 0 Å². The number of amides is 1. The lowest BCUT2D eigenvalue weighted by Crippen LogP contribution is -2.16. The Morgan fingerprint density at radius 1 is 0.794 bits per heavy atom. The summed E-state index contributed by atoms with van der Waals surface area (Å²) in [5.41, 5.74) is 1.25. The van der Waals surface area contributed by atoms with Crippen molar-refractivity contribution in [2.24, 2.45) is 0 Å². The zero-order valence-corrected chi connectivity index (χ0v) is 19.7. The zero-order chi connectivity index (χ0) is 24.1. The monoisotopic (exact) mass is 513 g/mol. The average molecular weight is 514 g/mol. The van der Waals surface area contributed by atoms with Gasteiger partial charge in [0.2, 0.25) is 0 Å². The fourth-order valence-electron chi connectivity index (χ4n) is 2.99. The van der Waals surface area contributed by atoms with Crippen LogP contribution in [-0.2, 0) is 10.0 Å². The van der Waals surface area contributed by atoms with Crippen molar-refractivity contribution in [3.63, 3.8) is 0 Å². The second-order valence-corrected chi connectivity index (χ2v) is 9.54. The van der Waals surface area contributed by atoms with Crippen molar-refractivity contribution in [3.05, 3.63) is 101 Å². The second kappa shape index (κ2) is 10.1. The number of nitrogens with one attached hydrogen (secondary N) is 3. The van der Waals surface area contributed by atoms with Crippen LogP contribution in [0.2, 0.25) is 10.0 Å². The average Bonchev–Trinajstić information content (AvgIpc) is 2.79. The van der Waals surface area contributed by atoms with E-state index >= 15 is 0 Å². The smallest absolute Gasteiger partial charge is 0.263 e. The Morgan fingerprint density at radius 2 is 1.50 bits per heavy atom. The molecular weight excluding hydrogens is 497 g/mol. The van der Waals surface area contributed by atoms with Crippen LogP contribution in [0.25, 0.3) is 0 Å². The van der Waals surface area contributed by atoms with Gasteiger partial charge < -0.3 is 10.6 Å². The number of sulfonamides is 1. The van der Waals surface area contributed by atoms with Gasteiger partial charge in [-0.1, -0.05) is 29.3 Å². The molecule has 0 saturated heterocycles. The van der Waals surface area contributed by atoms with Crippen molar-refractivity contribution in [1.29, 1.82) is 0 Å². The number of hydrogen-bond acceptors (Lipinski definition) is 6. The summed E-state index contributed by atoms with van der Waals surface area (Å²) in [6.07, 6.45) is 3.03. The van der Waals surface area contributed by atoms with E-state index in [0.29, 0.717) is 27.2 Å². The number of pyridine rings is 2. The Hall–Kier alpha value is -3.66. The predicted molar refractivity (Wildman–Crippen MR) is 133 cm³/mol. The lowest BCUT2D eigenvalue weighted by Gasteiger charge is -2.12. The van der Waals surface area contributed by atoms with Crippen LogP contribution in [0.3, 0.4) is 0 Å². The lowest BCUT2D eigenvalue weighted by atomic mass is 10.2. The fourth-order valence-corrected chi connectivity index (χ4v) is 4.52. The summed E-state index contributed by atoms with van der Waals surface area (Å²) in [6.45, 7) is 0. The highest BCUT2D eigenvalue weighted by Gasteiger charge is 2.16. The summed E-state index contributed by atoms with van der Waals surface area (Å²) in [4.78, 5) is 21.1. The van der Waals surface area contributed by atoms with Crippen molar-refractivity contribution >= 4 is 62.1 Å². The third kappa shape index (κ3) is 5.82. The van der Waals surface area contributed by atoms with Crippen molar-refractivity contribution in [2.75, 3.05) is 15.4 Å². The molecule has 0 aliphatic heterocycles. The number of carbonyl (C=O) groups is 1. The topological polar surface area (TPSA) is 113 Å². The van der Waals surface area contributed by atoms with Crippen LogP contribution in [0.15, 0.2) is 90.1 Å². The first-order chi connectivity index (χ1) is 16.3. The fraction of sp³-hybridized carbons (Fsp3) is 0. The number of rotatable bonds is 7. The van der Waals surface area contributed by atoms with Gasteiger partial charge in [-0.15, -0.1) is 0 Å². The number of carbonyl (C=O) groups excluding carboxylic acids is 1. The SMILES string of the molecule is O=C(Nc1ccc(S(=O)(=O)Nc2ccccn2)cc1)c1cccnc1Nc1cc(Cl)cc(Cl)c1. The van der Waals surface area contributed by atoms with E-state index in [0.717, 1.165) is 0 Å². The summed E-state index contributed by atoms with van der Waals surface area (Å²) in [7, 11) is -3.83. The molecule has 34 heavy (non-hydrogen) atoms. The van der Waals surface area contributed by atoms with Crippen LogP contribution in [-0.4, -0.2) is 24.3 Å². The number of nitrogens with zero attached hydrogens (tertiary/aromatic N) is 2. The summed E-state index contributed by atoms with van der Waals surface area (Å²) < 4.78 is 27.5. The number of hydrogen-bond donors (Lipinski definition) is 3. The molecule has 11 heteroatoms. The number of benzene rings is 2. The molecule has 0 unspecified atom stereocenters. The Bertz CT molecular complexity index is 1410. The van der Waals surface area contributed by atoms with Crippen molar-refractivity contribution < 1.29 is 13.2 Å². The Labute approximate surface area is 206 Å². The minimum atomic E-state index is -3.83. The van der Waals surface area contributed by atoms with E-state index in [1.165, 1.54) is 30.5 Å². The van der Waals surface area contributed by atoms with Crippen LogP contribution < -0.4 is 15.4 Å². The van der Waals surface area contributed by atoms with E-state index in [1.807, 2.05) is 0 Å². The number of anilines is 4. The van der Waals surface area contributed by atoms with Gasteiger partial charge in [0.05, 0.1) is 10.5 Å². The molecule has 0 fully saturated rings. The molecule has 1 amide bonds. The maximum atomic E-state index is 12.9. The second-order valence-electron chi connectivity index (χ2n) is 6.98. The maximum Gasteiger partial charge on any atom is 0.263 e. The van der Waals surface area contributed by atoms with Gasteiger partial charge in [0.25, 0.3) is 15.9 Å². The largest absolute Gasteiger partial charge is 0.339 e. The van der Waals surface area contributed by atoms with Gasteiger partial charge in [-0.25, -0.2) is 18.4 Å². The molecule has 2 aromatic carbocycles. The van der Waals surface area contributed by atoms with Crippen LogP contribution in [0.1, 0.15) is 10.4 Å². The van der Waals surface area contributed by atoms with Gasteiger partial charge in [-0.3, -0.25) is 9.52 Å². The summed E-state index contributed by atoms with van der Waals surface area (Å²) in [6, 6.07) is 18.8. The molecule has 2 aromatic heterocycles. The molecule has 0 bridgehead atoms. The van der Waals surface area contributed by atoms with Gasteiger partial charge in [0, 0.05) is 33.8 Å². The van der Waals surface area contributed by atoms with Crippen molar-refractivity contribution in [2.45, 2.75) is 4.90 Å². The predicted octanol–water partition coefficient (Wildman–Crippen LogP) is 5.58. The minimum absolute atomic E-state index is 0.0257. The van der Waals surface area contributed by atoms with E-state index in [2.05, 4.69) is 25.3 Å². The van der Waals surface area contributed by atoms with E-state index in [1.54, 1.807) is 54.7 Å². The highest BCUT2D eigenvalue weighted by molar-refractivity contribution is 7.92. The minimum Gasteiger partial charge on any atom is -0.339 e. The quantitative estimate of drug-likeness (QED) is 0.297. The van der Waals surface area contributed by atoms with Crippen LogP contribution in [0.4, 0.5) is 23.0 Å². The first-order valence-corrected chi connectivity index (χ1v) is 12.1. The molecule has 0 aliphatic carbocycles. The number of aromatic nitrogens is 2. The Kier molecular flexibility index (Phi) is 6.97. The summed E-state index contributed by atoms with van der Waals surface area (Å²) in [5.74, 6) is 0.0699. The van der Waals surface area contributed by atoms with Crippen LogP contribution in [0, 0.1) is 0 Å². The third-order valence-electron chi connectivity index (χ3n) is 4.50. The highest BCUT2D eigenvalue weighted by atomic mass is 35.5. The van der Waals surface area contributed by atoms with Crippen LogP contribution >= 0.6 is 23.2 Å². The van der Waals surface area contributed by atoms with E-state index in [-0.39, 0.29) is 16.3 Å². The molecule has 172 valence electrons. The molecule has 2 heterocycles. The van der Waals surface area contributed by atoms with Gasteiger partial charge in [-0.2, -0.15) is 0 Å². The van der Waals surface area contributed by atoms with E-state index in [4.69, 9.17) is 23.2 Å². The van der Waals surface area contributed by atoms with Gasteiger partial charge in [-0.05, 0) is 66.7 Å². The summed E-state index contributed by atoms with van der Waals surface area (Å²) in [5, 5.41) is 6.65. The van der Waals surface area contributed by atoms with E-state index < -0.39 is 15.9 Å². The molecule has 4 rings (SSSR count). The molecule has 0 spiro atoms. The Balaban J connectivity index is 1.49. The normalized spacial score (nSPS) is 11.0. The molecule has 0 saturated carbocycles. The van der Waals surface area contributed by atoms with E-state index in [9.17, 15) is 13.2 Å². The zero-order valence-electron chi connectivity index (χ0n) is 17.4. The first-order valence-electron chi connectivity index (χ1n) is 9.83. The highest BCUT2D eigenvalue weighted by Crippen LogP contribution is 2.26. The molecule has 3 N–H and O–H groups in total. The lowest BCUT2D eigenvalue weighted by molar-refractivity contribution is 0.102. The molecule has 8 nitrogen and oxygen atoms in total. The molecule has 4 aromatic rings. The molecule has 0 aliphatic rings. The molecule has 0 radical (unpaired) electrons.